The Morgan fingerprint density at radius 3 is 2.50 bits per heavy atom. The van der Waals surface area contributed by atoms with Crippen molar-refractivity contribution in [1.29, 1.82) is 0 Å². The summed E-state index contributed by atoms with van der Waals surface area (Å²) in [6.45, 7) is 4.60. The molecule has 0 saturated heterocycles. The molecule has 0 bridgehead atoms. The van der Waals surface area contributed by atoms with Crippen molar-refractivity contribution in [2.75, 3.05) is 12.4 Å². The lowest BCUT2D eigenvalue weighted by molar-refractivity contribution is 0.414. The summed E-state index contributed by atoms with van der Waals surface area (Å²) < 4.78 is 7.91. The average molecular weight is 511 g/mol. The van der Waals surface area contributed by atoms with Crippen molar-refractivity contribution >= 4 is 39.4 Å². The van der Waals surface area contributed by atoms with E-state index in [9.17, 15) is 4.79 Å². The highest BCUT2D eigenvalue weighted by atomic mass is 127. The molecule has 4 rings (SSSR count). The minimum atomic E-state index is -0.0808. The van der Waals surface area contributed by atoms with Crippen molar-refractivity contribution in [3.63, 3.8) is 0 Å². The topological polar surface area (TPSA) is 56.1 Å². The van der Waals surface area contributed by atoms with Gasteiger partial charge in [-0.15, -0.1) is 0 Å². The van der Waals surface area contributed by atoms with Crippen LogP contribution in [0.5, 0.6) is 5.75 Å². The number of aryl methyl sites for hydroxylation is 2. The van der Waals surface area contributed by atoms with Crippen LogP contribution in [0.2, 0.25) is 0 Å². The van der Waals surface area contributed by atoms with Crippen LogP contribution in [-0.2, 0) is 6.54 Å². The molecule has 0 unspecified atom stereocenters. The summed E-state index contributed by atoms with van der Waals surface area (Å²) in [5.74, 6) is 1.33. The third-order valence-electron chi connectivity index (χ3n) is 5.03. The second-order valence-electron chi connectivity index (χ2n) is 7.23. The normalized spacial score (nSPS) is 10.9. The SMILES string of the molecule is COc1ccc(CNc2nc3ccc(I)cc3c(=O)n2-c2ccc(C)cc2C)cc1. The zero-order valence-corrected chi connectivity index (χ0v) is 19.2. The van der Waals surface area contributed by atoms with E-state index in [2.05, 4.69) is 34.0 Å². The number of halogens is 1. The molecule has 0 saturated carbocycles. The predicted molar refractivity (Wildman–Crippen MR) is 130 cm³/mol. The molecule has 0 radical (unpaired) electrons. The molecule has 3 aromatic carbocycles. The Bertz CT molecular complexity index is 1280. The van der Waals surface area contributed by atoms with Gasteiger partial charge >= 0.3 is 0 Å². The molecule has 1 heterocycles. The minimum absolute atomic E-state index is 0.0808. The number of rotatable bonds is 5. The van der Waals surface area contributed by atoms with Gasteiger partial charge in [0.25, 0.3) is 5.56 Å². The highest BCUT2D eigenvalue weighted by Gasteiger charge is 2.15. The van der Waals surface area contributed by atoms with Crippen LogP contribution in [-0.4, -0.2) is 16.7 Å². The molecular formula is C24H22IN3O2. The summed E-state index contributed by atoms with van der Waals surface area (Å²) in [4.78, 5) is 18.3. The van der Waals surface area contributed by atoms with Crippen LogP contribution in [0.15, 0.2) is 65.5 Å². The molecule has 0 aliphatic heterocycles. The van der Waals surface area contributed by atoms with E-state index in [0.29, 0.717) is 23.4 Å². The van der Waals surface area contributed by atoms with Crippen LogP contribution in [0.1, 0.15) is 16.7 Å². The number of anilines is 1. The fourth-order valence-corrected chi connectivity index (χ4v) is 3.97. The molecule has 1 aromatic heterocycles. The molecule has 0 atom stereocenters. The molecule has 152 valence electrons. The van der Waals surface area contributed by atoms with Gasteiger partial charge < -0.3 is 10.1 Å². The molecule has 4 aromatic rings. The maximum Gasteiger partial charge on any atom is 0.267 e. The van der Waals surface area contributed by atoms with Gasteiger partial charge in [-0.05, 0) is 84.0 Å². The predicted octanol–water partition coefficient (Wildman–Crippen LogP) is 5.23. The highest BCUT2D eigenvalue weighted by Crippen LogP contribution is 2.22. The van der Waals surface area contributed by atoms with E-state index >= 15 is 0 Å². The summed E-state index contributed by atoms with van der Waals surface area (Å²) in [5.41, 5.74) is 4.68. The number of nitrogens with one attached hydrogen (secondary N) is 1. The van der Waals surface area contributed by atoms with Gasteiger partial charge in [-0.25, -0.2) is 9.55 Å². The second kappa shape index (κ2) is 8.47. The lowest BCUT2D eigenvalue weighted by atomic mass is 10.1. The number of fused-ring (bicyclic) bond motifs is 1. The summed E-state index contributed by atoms with van der Waals surface area (Å²) >= 11 is 2.22. The van der Waals surface area contributed by atoms with Gasteiger partial charge in [0.1, 0.15) is 5.75 Å². The molecule has 5 nitrogen and oxygen atoms in total. The molecule has 0 fully saturated rings. The van der Waals surface area contributed by atoms with Gasteiger partial charge in [-0.3, -0.25) is 4.79 Å². The lowest BCUT2D eigenvalue weighted by Crippen LogP contribution is -2.24. The molecule has 0 amide bonds. The van der Waals surface area contributed by atoms with Gasteiger partial charge in [-0.1, -0.05) is 29.8 Å². The van der Waals surface area contributed by atoms with Crippen molar-refractivity contribution < 1.29 is 4.74 Å². The van der Waals surface area contributed by atoms with E-state index in [1.165, 1.54) is 0 Å². The Morgan fingerprint density at radius 2 is 1.80 bits per heavy atom. The zero-order valence-electron chi connectivity index (χ0n) is 17.1. The molecular weight excluding hydrogens is 489 g/mol. The van der Waals surface area contributed by atoms with E-state index in [-0.39, 0.29) is 5.56 Å². The minimum Gasteiger partial charge on any atom is -0.497 e. The first-order valence-corrected chi connectivity index (χ1v) is 10.7. The van der Waals surface area contributed by atoms with Crippen LogP contribution in [0, 0.1) is 17.4 Å². The fraction of sp³-hybridized carbons (Fsp3) is 0.167. The number of nitrogens with zero attached hydrogens (tertiary/aromatic N) is 2. The van der Waals surface area contributed by atoms with Crippen LogP contribution >= 0.6 is 22.6 Å². The Hall–Kier alpha value is -2.87. The Balaban J connectivity index is 1.83. The largest absolute Gasteiger partial charge is 0.497 e. The van der Waals surface area contributed by atoms with Gasteiger partial charge in [0.05, 0.1) is 23.7 Å². The number of ether oxygens (including phenoxy) is 1. The van der Waals surface area contributed by atoms with E-state index in [1.807, 2.05) is 68.4 Å². The monoisotopic (exact) mass is 511 g/mol. The molecule has 30 heavy (non-hydrogen) atoms. The maximum absolute atomic E-state index is 13.5. The second-order valence-corrected chi connectivity index (χ2v) is 8.47. The van der Waals surface area contributed by atoms with E-state index < -0.39 is 0 Å². The smallest absolute Gasteiger partial charge is 0.267 e. The Labute approximate surface area is 188 Å². The Morgan fingerprint density at radius 1 is 1.03 bits per heavy atom. The first-order chi connectivity index (χ1) is 14.5. The van der Waals surface area contributed by atoms with Crippen LogP contribution in [0.4, 0.5) is 5.95 Å². The zero-order chi connectivity index (χ0) is 21.3. The first kappa shape index (κ1) is 20.4. The molecule has 6 heteroatoms. The first-order valence-electron chi connectivity index (χ1n) is 9.63. The number of aromatic nitrogens is 2. The van der Waals surface area contributed by atoms with Gasteiger partial charge in [-0.2, -0.15) is 0 Å². The summed E-state index contributed by atoms with van der Waals surface area (Å²) in [5, 5.41) is 3.97. The number of methoxy groups -OCH3 is 1. The Kier molecular flexibility index (Phi) is 5.76. The van der Waals surface area contributed by atoms with Crippen LogP contribution in [0.25, 0.3) is 16.6 Å². The van der Waals surface area contributed by atoms with Crippen LogP contribution in [0.3, 0.4) is 0 Å². The van der Waals surface area contributed by atoms with Crippen molar-refractivity contribution in [3.8, 4) is 11.4 Å². The molecule has 0 aliphatic carbocycles. The van der Waals surface area contributed by atoms with Crippen molar-refractivity contribution in [1.82, 2.24) is 9.55 Å². The third-order valence-corrected chi connectivity index (χ3v) is 5.70. The maximum atomic E-state index is 13.5. The summed E-state index contributed by atoms with van der Waals surface area (Å²) in [6.07, 6.45) is 0. The number of hydrogen-bond donors (Lipinski definition) is 1. The van der Waals surface area contributed by atoms with Crippen molar-refractivity contribution in [2.24, 2.45) is 0 Å². The molecule has 1 N–H and O–H groups in total. The number of benzene rings is 3. The molecule has 0 spiro atoms. The van der Waals surface area contributed by atoms with Crippen molar-refractivity contribution in [2.45, 2.75) is 20.4 Å². The lowest BCUT2D eigenvalue weighted by Gasteiger charge is -2.17. The van der Waals surface area contributed by atoms with E-state index in [0.717, 1.165) is 31.7 Å². The summed E-state index contributed by atoms with van der Waals surface area (Å²) in [6, 6.07) is 19.6. The van der Waals surface area contributed by atoms with Gasteiger partial charge in [0.15, 0.2) is 0 Å². The van der Waals surface area contributed by atoms with E-state index in [1.54, 1.807) is 11.7 Å². The number of hydrogen-bond acceptors (Lipinski definition) is 4. The van der Waals surface area contributed by atoms with E-state index in [4.69, 9.17) is 9.72 Å². The fourth-order valence-electron chi connectivity index (χ4n) is 3.48. The average Bonchev–Trinajstić information content (AvgIpc) is 2.74. The van der Waals surface area contributed by atoms with Gasteiger partial charge in [0, 0.05) is 10.1 Å². The quantitative estimate of drug-likeness (QED) is 0.373. The third kappa shape index (κ3) is 4.05. The van der Waals surface area contributed by atoms with Crippen molar-refractivity contribution in [3.05, 3.63) is 91.3 Å². The highest BCUT2D eigenvalue weighted by molar-refractivity contribution is 14.1. The van der Waals surface area contributed by atoms with Crippen LogP contribution < -0.4 is 15.6 Å². The molecule has 0 aliphatic rings. The van der Waals surface area contributed by atoms with Gasteiger partial charge in [0.2, 0.25) is 5.95 Å². The summed E-state index contributed by atoms with van der Waals surface area (Å²) in [7, 11) is 1.65. The standard InChI is InChI=1S/C24H22IN3O2/c1-15-4-11-22(16(2)12-15)28-23(29)20-13-18(25)7-10-21(20)27-24(28)26-14-17-5-8-19(30-3)9-6-17/h4-13H,14H2,1-3H3,(H,26,27).